The SMILES string of the molecule is C=CCN(C(C)C)S(=O)(=O)N(C)CCCNCC. The molecule has 0 aliphatic rings. The van der Waals surface area contributed by atoms with Gasteiger partial charge in [-0.1, -0.05) is 13.0 Å². The molecule has 0 aromatic heterocycles. The molecule has 0 saturated heterocycles. The van der Waals surface area contributed by atoms with Gasteiger partial charge in [-0.15, -0.1) is 6.58 Å². The predicted molar refractivity (Wildman–Crippen MR) is 76.7 cm³/mol. The first-order valence-electron chi connectivity index (χ1n) is 6.42. The molecular weight excluding hydrogens is 250 g/mol. The van der Waals surface area contributed by atoms with Gasteiger partial charge < -0.3 is 5.32 Å². The molecule has 0 bridgehead atoms. The Kier molecular flexibility index (Phi) is 8.43. The van der Waals surface area contributed by atoms with E-state index in [2.05, 4.69) is 11.9 Å². The number of nitrogens with one attached hydrogen (secondary N) is 1. The highest BCUT2D eigenvalue weighted by Crippen LogP contribution is 2.11. The summed E-state index contributed by atoms with van der Waals surface area (Å²) in [6.07, 6.45) is 2.42. The van der Waals surface area contributed by atoms with Crippen LogP contribution in [0.4, 0.5) is 0 Å². The van der Waals surface area contributed by atoms with E-state index in [1.807, 2.05) is 20.8 Å². The van der Waals surface area contributed by atoms with E-state index in [1.54, 1.807) is 13.1 Å². The maximum Gasteiger partial charge on any atom is 0.282 e. The Hall–Kier alpha value is -0.430. The summed E-state index contributed by atoms with van der Waals surface area (Å²) in [7, 11) is -1.76. The standard InChI is InChI=1S/C12H27N3O2S/c1-6-10-15(12(3)4)18(16,17)14(5)11-8-9-13-7-2/h6,12-13H,1,7-11H2,2-5H3. The van der Waals surface area contributed by atoms with E-state index in [0.29, 0.717) is 13.1 Å². The van der Waals surface area contributed by atoms with Crippen molar-refractivity contribution in [2.45, 2.75) is 33.2 Å². The fourth-order valence-electron chi connectivity index (χ4n) is 1.60. The zero-order valence-electron chi connectivity index (χ0n) is 12.0. The first kappa shape index (κ1) is 17.6. The first-order valence-corrected chi connectivity index (χ1v) is 7.82. The fourth-order valence-corrected chi connectivity index (χ4v) is 3.14. The van der Waals surface area contributed by atoms with Crippen molar-refractivity contribution >= 4 is 10.2 Å². The topological polar surface area (TPSA) is 52.7 Å². The minimum atomic E-state index is -3.38. The molecule has 5 nitrogen and oxygen atoms in total. The molecule has 0 fully saturated rings. The lowest BCUT2D eigenvalue weighted by atomic mass is 10.4. The van der Waals surface area contributed by atoms with E-state index >= 15 is 0 Å². The van der Waals surface area contributed by atoms with Crippen LogP contribution in [-0.4, -0.2) is 56.3 Å². The van der Waals surface area contributed by atoms with Crippen LogP contribution in [0.15, 0.2) is 12.7 Å². The molecular formula is C12H27N3O2S. The largest absolute Gasteiger partial charge is 0.317 e. The van der Waals surface area contributed by atoms with E-state index in [1.165, 1.54) is 8.61 Å². The van der Waals surface area contributed by atoms with E-state index in [4.69, 9.17) is 0 Å². The molecule has 18 heavy (non-hydrogen) atoms. The average Bonchev–Trinajstić information content (AvgIpc) is 2.30. The lowest BCUT2D eigenvalue weighted by Crippen LogP contribution is -2.46. The Labute approximate surface area is 112 Å². The van der Waals surface area contributed by atoms with Crippen LogP contribution >= 0.6 is 0 Å². The highest BCUT2D eigenvalue weighted by atomic mass is 32.2. The normalized spacial score (nSPS) is 12.6. The molecule has 0 aromatic carbocycles. The van der Waals surface area contributed by atoms with Gasteiger partial charge in [-0.05, 0) is 33.4 Å². The zero-order chi connectivity index (χ0) is 14.2. The maximum atomic E-state index is 12.3. The lowest BCUT2D eigenvalue weighted by molar-refractivity contribution is 0.336. The van der Waals surface area contributed by atoms with Crippen LogP contribution in [-0.2, 0) is 10.2 Å². The smallest absolute Gasteiger partial charge is 0.282 e. The molecule has 0 spiro atoms. The van der Waals surface area contributed by atoms with Crippen molar-refractivity contribution in [3.8, 4) is 0 Å². The minimum Gasteiger partial charge on any atom is -0.317 e. The molecule has 0 aliphatic heterocycles. The van der Waals surface area contributed by atoms with Gasteiger partial charge in [0.1, 0.15) is 0 Å². The molecule has 0 saturated carbocycles. The second-order valence-electron chi connectivity index (χ2n) is 4.49. The third kappa shape index (κ3) is 5.48. The quantitative estimate of drug-likeness (QED) is 0.480. The van der Waals surface area contributed by atoms with Crippen molar-refractivity contribution < 1.29 is 8.42 Å². The molecule has 0 unspecified atom stereocenters. The van der Waals surface area contributed by atoms with E-state index in [9.17, 15) is 8.42 Å². The number of hydrogen-bond acceptors (Lipinski definition) is 3. The Morgan fingerprint density at radius 3 is 2.44 bits per heavy atom. The molecule has 6 heteroatoms. The number of hydrogen-bond donors (Lipinski definition) is 1. The van der Waals surface area contributed by atoms with Crippen LogP contribution in [0.5, 0.6) is 0 Å². The summed E-state index contributed by atoms with van der Waals surface area (Å²) >= 11 is 0. The van der Waals surface area contributed by atoms with Gasteiger partial charge in [0.05, 0.1) is 0 Å². The summed E-state index contributed by atoms with van der Waals surface area (Å²) in [5, 5.41) is 3.18. The summed E-state index contributed by atoms with van der Waals surface area (Å²) < 4.78 is 27.5. The van der Waals surface area contributed by atoms with E-state index in [0.717, 1.165) is 19.5 Å². The van der Waals surface area contributed by atoms with Crippen molar-refractivity contribution in [1.29, 1.82) is 0 Å². The van der Waals surface area contributed by atoms with Crippen molar-refractivity contribution in [2.24, 2.45) is 0 Å². The summed E-state index contributed by atoms with van der Waals surface area (Å²) in [4.78, 5) is 0. The summed E-state index contributed by atoms with van der Waals surface area (Å²) in [5.74, 6) is 0. The highest BCUT2D eigenvalue weighted by molar-refractivity contribution is 7.86. The Bertz CT molecular complexity index is 328. The van der Waals surface area contributed by atoms with Crippen LogP contribution in [0.3, 0.4) is 0 Å². The molecule has 0 amide bonds. The van der Waals surface area contributed by atoms with Gasteiger partial charge in [-0.2, -0.15) is 17.0 Å². The summed E-state index contributed by atoms with van der Waals surface area (Å²) in [6, 6.07) is -0.0655. The van der Waals surface area contributed by atoms with Gasteiger partial charge in [0, 0.05) is 26.2 Å². The highest BCUT2D eigenvalue weighted by Gasteiger charge is 2.27. The van der Waals surface area contributed by atoms with Gasteiger partial charge in [0.25, 0.3) is 10.2 Å². The third-order valence-corrected chi connectivity index (χ3v) is 4.79. The van der Waals surface area contributed by atoms with Gasteiger partial charge >= 0.3 is 0 Å². The van der Waals surface area contributed by atoms with Crippen LogP contribution in [0.1, 0.15) is 27.2 Å². The number of nitrogens with zero attached hydrogens (tertiary/aromatic N) is 2. The monoisotopic (exact) mass is 277 g/mol. The molecule has 0 aliphatic carbocycles. The average molecular weight is 277 g/mol. The molecule has 0 aromatic rings. The molecule has 0 heterocycles. The van der Waals surface area contributed by atoms with Crippen LogP contribution in [0.25, 0.3) is 0 Å². The zero-order valence-corrected chi connectivity index (χ0v) is 12.8. The molecule has 0 atom stereocenters. The number of rotatable bonds is 10. The van der Waals surface area contributed by atoms with Gasteiger partial charge in [-0.3, -0.25) is 0 Å². The van der Waals surface area contributed by atoms with Gasteiger partial charge in [0.2, 0.25) is 0 Å². The second kappa shape index (κ2) is 8.63. The first-order chi connectivity index (χ1) is 8.37. The predicted octanol–water partition coefficient (Wildman–Crippen LogP) is 1.06. The maximum absolute atomic E-state index is 12.3. The third-order valence-electron chi connectivity index (χ3n) is 2.65. The fraction of sp³-hybridized carbons (Fsp3) is 0.833. The summed E-state index contributed by atoms with van der Waals surface area (Å²) in [5.41, 5.74) is 0. The Morgan fingerprint density at radius 1 is 1.39 bits per heavy atom. The molecule has 0 radical (unpaired) electrons. The van der Waals surface area contributed by atoms with E-state index in [-0.39, 0.29) is 6.04 Å². The van der Waals surface area contributed by atoms with Crippen molar-refractivity contribution in [3.05, 3.63) is 12.7 Å². The van der Waals surface area contributed by atoms with Crippen molar-refractivity contribution in [2.75, 3.05) is 33.2 Å². The van der Waals surface area contributed by atoms with Crippen molar-refractivity contribution in [1.82, 2.24) is 13.9 Å². The summed E-state index contributed by atoms with van der Waals surface area (Å²) in [6.45, 7) is 12.0. The molecule has 108 valence electrons. The van der Waals surface area contributed by atoms with Crippen molar-refractivity contribution in [3.63, 3.8) is 0 Å². The van der Waals surface area contributed by atoms with Crippen LogP contribution < -0.4 is 5.32 Å². The van der Waals surface area contributed by atoms with Gasteiger partial charge in [0.15, 0.2) is 0 Å². The lowest BCUT2D eigenvalue weighted by Gasteiger charge is -2.29. The Balaban J connectivity index is 4.52. The second-order valence-corrected chi connectivity index (χ2v) is 6.48. The van der Waals surface area contributed by atoms with Gasteiger partial charge in [-0.25, -0.2) is 0 Å². The Morgan fingerprint density at radius 2 is 2.00 bits per heavy atom. The minimum absolute atomic E-state index is 0.0655. The van der Waals surface area contributed by atoms with Crippen LogP contribution in [0, 0.1) is 0 Å². The molecule has 0 rings (SSSR count). The van der Waals surface area contributed by atoms with Crippen LogP contribution in [0.2, 0.25) is 0 Å². The van der Waals surface area contributed by atoms with E-state index < -0.39 is 10.2 Å². The molecule has 1 N–H and O–H groups in total.